The summed E-state index contributed by atoms with van der Waals surface area (Å²) in [6.45, 7) is 1.28. The van der Waals surface area contributed by atoms with Gasteiger partial charge in [0, 0.05) is 31.7 Å². The third kappa shape index (κ3) is 6.06. The molecule has 1 aliphatic heterocycles. The molecule has 1 aliphatic rings. The molecule has 0 saturated heterocycles. The number of benzene rings is 1. The first-order valence-corrected chi connectivity index (χ1v) is 11.0. The Morgan fingerprint density at radius 1 is 1.00 bits per heavy atom. The quantitative estimate of drug-likeness (QED) is 0.658. The predicted octanol–water partition coefficient (Wildman–Crippen LogP) is 3.59. The average molecular weight is 447 g/mol. The van der Waals surface area contributed by atoms with Crippen LogP contribution in [0.3, 0.4) is 0 Å². The normalized spacial score (nSPS) is 14.3. The summed E-state index contributed by atoms with van der Waals surface area (Å²) >= 11 is 0. The van der Waals surface area contributed by atoms with Crippen LogP contribution in [0.15, 0.2) is 67.1 Å². The van der Waals surface area contributed by atoms with Crippen molar-refractivity contribution in [3.8, 4) is 17.4 Å². The minimum atomic E-state index is -0.299. The summed E-state index contributed by atoms with van der Waals surface area (Å²) in [4.78, 5) is 36.0. The largest absolute Gasteiger partial charge is 0.490 e. The number of fused-ring (bicyclic) bond motifs is 2. The number of amides is 2. The van der Waals surface area contributed by atoms with Crippen molar-refractivity contribution in [2.24, 2.45) is 0 Å². The van der Waals surface area contributed by atoms with Gasteiger partial charge >= 0.3 is 0 Å². The Hall–Kier alpha value is -3.94. The molecule has 0 atom stereocenters. The molecule has 0 unspecified atom stereocenters. The highest BCUT2D eigenvalue weighted by atomic mass is 16.5. The van der Waals surface area contributed by atoms with Crippen LogP contribution in [0.1, 0.15) is 35.2 Å². The zero-order chi connectivity index (χ0) is 22.9. The first-order valence-electron chi connectivity index (χ1n) is 11.0. The van der Waals surface area contributed by atoms with E-state index in [0.29, 0.717) is 36.8 Å². The van der Waals surface area contributed by atoms with E-state index in [0.717, 1.165) is 24.8 Å². The van der Waals surface area contributed by atoms with Crippen molar-refractivity contribution >= 4 is 11.8 Å². The van der Waals surface area contributed by atoms with Crippen molar-refractivity contribution in [3.05, 3.63) is 78.2 Å². The van der Waals surface area contributed by atoms with Crippen LogP contribution < -0.4 is 14.8 Å². The van der Waals surface area contributed by atoms with Gasteiger partial charge in [-0.15, -0.1) is 0 Å². The van der Waals surface area contributed by atoms with Gasteiger partial charge in [-0.05, 0) is 55.2 Å². The number of nitrogens with one attached hydrogen (secondary N) is 1. The van der Waals surface area contributed by atoms with Gasteiger partial charge in [-0.1, -0.05) is 18.2 Å². The van der Waals surface area contributed by atoms with Crippen molar-refractivity contribution in [2.45, 2.75) is 25.8 Å². The monoisotopic (exact) mass is 446 g/mol. The van der Waals surface area contributed by atoms with Crippen molar-refractivity contribution in [2.75, 3.05) is 19.7 Å². The fourth-order valence-corrected chi connectivity index (χ4v) is 3.51. The van der Waals surface area contributed by atoms with E-state index < -0.39 is 0 Å². The Kier molecular flexibility index (Phi) is 7.48. The number of nitrogens with zero attached hydrogens (tertiary/aromatic N) is 3. The molecule has 0 aliphatic carbocycles. The molecule has 0 fully saturated rings. The van der Waals surface area contributed by atoms with Gasteiger partial charge in [0.25, 0.3) is 5.91 Å². The van der Waals surface area contributed by atoms with E-state index in [1.54, 1.807) is 41.7 Å². The summed E-state index contributed by atoms with van der Waals surface area (Å²) in [6.07, 6.45) is 7.39. The summed E-state index contributed by atoms with van der Waals surface area (Å²) in [5.41, 5.74) is 1.19. The van der Waals surface area contributed by atoms with E-state index >= 15 is 0 Å². The second-order valence-electron chi connectivity index (χ2n) is 7.68. The smallest absolute Gasteiger partial charge is 0.259 e. The van der Waals surface area contributed by atoms with E-state index in [1.165, 1.54) is 0 Å². The third-order valence-corrected chi connectivity index (χ3v) is 5.22. The molecule has 8 nitrogen and oxygen atoms in total. The second-order valence-corrected chi connectivity index (χ2v) is 7.68. The van der Waals surface area contributed by atoms with Crippen LogP contribution in [-0.2, 0) is 11.3 Å². The number of carbonyl (C=O) groups excluding carboxylic acids is 2. The summed E-state index contributed by atoms with van der Waals surface area (Å²) in [5.74, 6) is 0.736. The number of hydrogen-bond donors (Lipinski definition) is 1. The van der Waals surface area contributed by atoms with E-state index in [-0.39, 0.29) is 24.2 Å². The summed E-state index contributed by atoms with van der Waals surface area (Å²) in [7, 11) is 0. The second kappa shape index (κ2) is 11.1. The molecule has 1 aromatic carbocycles. The maximum atomic E-state index is 13.4. The number of hydrogen-bond acceptors (Lipinski definition) is 6. The van der Waals surface area contributed by atoms with Gasteiger partial charge in [0.1, 0.15) is 5.56 Å². The Labute approximate surface area is 192 Å². The van der Waals surface area contributed by atoms with Crippen LogP contribution in [0.4, 0.5) is 0 Å². The van der Waals surface area contributed by atoms with E-state index in [9.17, 15) is 9.59 Å². The molecule has 0 saturated carbocycles. The molecule has 3 aromatic rings. The highest BCUT2D eigenvalue weighted by molar-refractivity contribution is 5.98. The fourth-order valence-electron chi connectivity index (χ4n) is 3.51. The lowest BCUT2D eigenvalue weighted by Gasteiger charge is -2.23. The van der Waals surface area contributed by atoms with Gasteiger partial charge in [-0.3, -0.25) is 14.6 Å². The van der Waals surface area contributed by atoms with Crippen LogP contribution in [-0.4, -0.2) is 46.4 Å². The lowest BCUT2D eigenvalue weighted by Crippen LogP contribution is -2.41. The Bertz CT molecular complexity index is 1090. The fraction of sp³-hybridized carbons (Fsp3) is 0.280. The highest BCUT2D eigenvalue weighted by Crippen LogP contribution is 2.32. The number of ether oxygens (including phenoxy) is 2. The van der Waals surface area contributed by atoms with Gasteiger partial charge in [-0.2, -0.15) is 0 Å². The number of rotatable bonds is 4. The van der Waals surface area contributed by atoms with Gasteiger partial charge in [0.2, 0.25) is 11.8 Å². The van der Waals surface area contributed by atoms with Crippen molar-refractivity contribution in [3.63, 3.8) is 0 Å². The Balaban J connectivity index is 1.54. The molecular formula is C25H26N4O4. The van der Waals surface area contributed by atoms with Crippen LogP contribution in [0.2, 0.25) is 0 Å². The molecule has 4 rings (SSSR count). The van der Waals surface area contributed by atoms with E-state index in [1.807, 2.05) is 30.3 Å². The molecule has 1 N–H and O–H groups in total. The number of pyridine rings is 2. The zero-order valence-electron chi connectivity index (χ0n) is 18.3. The van der Waals surface area contributed by atoms with E-state index in [2.05, 4.69) is 15.3 Å². The van der Waals surface area contributed by atoms with Crippen molar-refractivity contribution in [1.82, 2.24) is 20.2 Å². The maximum Gasteiger partial charge on any atom is 0.259 e. The molecule has 0 bridgehead atoms. The minimum Gasteiger partial charge on any atom is -0.490 e. The molecule has 3 heterocycles. The highest BCUT2D eigenvalue weighted by Gasteiger charge is 2.24. The van der Waals surface area contributed by atoms with E-state index in [4.69, 9.17) is 9.47 Å². The van der Waals surface area contributed by atoms with Gasteiger partial charge in [-0.25, -0.2) is 4.98 Å². The average Bonchev–Trinajstić information content (AvgIpc) is 2.86. The van der Waals surface area contributed by atoms with Crippen LogP contribution in [0.5, 0.6) is 17.4 Å². The van der Waals surface area contributed by atoms with Crippen molar-refractivity contribution in [1.29, 1.82) is 0 Å². The van der Waals surface area contributed by atoms with Crippen molar-refractivity contribution < 1.29 is 19.1 Å². The maximum absolute atomic E-state index is 13.4. The number of aromatic nitrogens is 2. The molecule has 8 heteroatoms. The first kappa shape index (κ1) is 22.3. The molecule has 0 spiro atoms. The number of para-hydroxylation sites is 2. The Morgan fingerprint density at radius 3 is 2.70 bits per heavy atom. The molecule has 33 heavy (non-hydrogen) atoms. The predicted molar refractivity (Wildman–Crippen MR) is 122 cm³/mol. The molecule has 170 valence electrons. The summed E-state index contributed by atoms with van der Waals surface area (Å²) in [6, 6.07) is 14.4. The minimum absolute atomic E-state index is 0.0550. The molecule has 2 aromatic heterocycles. The van der Waals surface area contributed by atoms with Crippen LogP contribution in [0, 0.1) is 0 Å². The summed E-state index contributed by atoms with van der Waals surface area (Å²) < 4.78 is 11.9. The summed E-state index contributed by atoms with van der Waals surface area (Å²) in [5, 5.41) is 2.86. The molecular weight excluding hydrogens is 420 g/mol. The Morgan fingerprint density at radius 2 is 1.85 bits per heavy atom. The standard InChI is InChI=1S/C25H26N4O4/c30-23(28-17-19-8-6-12-26-16-19)18-29-14-4-1-5-15-32-21-10-2-3-11-22(21)33-24-20(25(29)31)9-7-13-27-24/h2-3,6-13,16H,1,4-5,14-15,17-18H2,(H,28,30). The van der Waals surface area contributed by atoms with Gasteiger partial charge in [0.15, 0.2) is 11.5 Å². The SMILES string of the molecule is O=C(CN1CCCCCOc2ccccc2Oc2ncccc2C1=O)NCc1cccnc1. The third-order valence-electron chi connectivity index (χ3n) is 5.22. The molecule has 2 amide bonds. The van der Waals surface area contributed by atoms with Gasteiger partial charge < -0.3 is 19.7 Å². The molecule has 0 radical (unpaired) electrons. The number of carbonyl (C=O) groups is 2. The topological polar surface area (TPSA) is 93.7 Å². The lowest BCUT2D eigenvalue weighted by atomic mass is 10.2. The zero-order valence-corrected chi connectivity index (χ0v) is 18.3. The first-order chi connectivity index (χ1) is 16.2. The lowest BCUT2D eigenvalue weighted by molar-refractivity contribution is -0.122. The van der Waals surface area contributed by atoms with Crippen LogP contribution >= 0.6 is 0 Å². The van der Waals surface area contributed by atoms with Gasteiger partial charge in [0.05, 0.1) is 13.2 Å². The van der Waals surface area contributed by atoms with Crippen LogP contribution in [0.25, 0.3) is 0 Å².